The van der Waals surface area contributed by atoms with Crippen molar-refractivity contribution in [1.82, 2.24) is 9.88 Å². The van der Waals surface area contributed by atoms with Crippen LogP contribution in [0.5, 0.6) is 0 Å². The molecule has 0 aromatic carbocycles. The molecule has 2 aromatic heterocycles. The highest BCUT2D eigenvalue weighted by Gasteiger charge is 2.36. The zero-order valence-electron chi connectivity index (χ0n) is 13.8. The van der Waals surface area contributed by atoms with Crippen LogP contribution in [0, 0.1) is 11.3 Å². The number of halogens is 3. The van der Waals surface area contributed by atoms with Crippen LogP contribution in [0.3, 0.4) is 0 Å². The van der Waals surface area contributed by atoms with Crippen LogP contribution in [0.1, 0.15) is 11.1 Å². The van der Waals surface area contributed by atoms with Gasteiger partial charge in [0, 0.05) is 25.4 Å². The summed E-state index contributed by atoms with van der Waals surface area (Å²) < 4.78 is 50.7. The fraction of sp³-hybridized carbons (Fsp3) is 0.412. The zero-order valence-corrected chi connectivity index (χ0v) is 14.6. The second-order valence-corrected chi connectivity index (χ2v) is 6.71. The normalized spacial score (nSPS) is 15.8. The van der Waals surface area contributed by atoms with E-state index in [4.69, 9.17) is 9.15 Å². The molecule has 0 spiro atoms. The Kier molecular flexibility index (Phi) is 5.86. The number of nitrogens with zero attached hydrogens (tertiary/aromatic N) is 3. The maximum absolute atomic E-state index is 13.4. The van der Waals surface area contributed by atoms with Gasteiger partial charge in [0.15, 0.2) is 5.76 Å². The van der Waals surface area contributed by atoms with Crippen molar-refractivity contribution < 1.29 is 22.3 Å². The number of aromatic nitrogens is 1. The predicted octanol–water partition coefficient (Wildman–Crippen LogP) is 3.66. The first-order valence-corrected chi connectivity index (χ1v) is 8.96. The topological polar surface area (TPSA) is 62.3 Å². The van der Waals surface area contributed by atoms with Crippen LogP contribution in [0.15, 0.2) is 33.9 Å². The first-order chi connectivity index (χ1) is 12.5. The first kappa shape index (κ1) is 18.8. The molecule has 0 bridgehead atoms. The van der Waals surface area contributed by atoms with Crippen LogP contribution < -0.4 is 0 Å². The maximum atomic E-state index is 13.4. The van der Waals surface area contributed by atoms with Crippen molar-refractivity contribution >= 4 is 11.8 Å². The molecule has 0 saturated carbocycles. The average molecular weight is 383 g/mol. The van der Waals surface area contributed by atoms with Crippen LogP contribution in [-0.4, -0.2) is 48.5 Å². The summed E-state index contributed by atoms with van der Waals surface area (Å²) in [5, 5.41) is 9.35. The van der Waals surface area contributed by atoms with Crippen molar-refractivity contribution in [3.63, 3.8) is 0 Å². The van der Waals surface area contributed by atoms with Gasteiger partial charge in [-0.25, -0.2) is 4.98 Å². The third-order valence-corrected chi connectivity index (χ3v) is 4.88. The SMILES string of the molecule is N#Cc1c(C(F)(F)F)cc(-c2ccco2)nc1SCCN1CCOCC1. The minimum absolute atomic E-state index is 0.0650. The number of morpholine rings is 1. The lowest BCUT2D eigenvalue weighted by molar-refractivity contribution is -0.138. The highest BCUT2D eigenvalue weighted by Crippen LogP contribution is 2.38. The Morgan fingerprint density at radius 1 is 1.31 bits per heavy atom. The van der Waals surface area contributed by atoms with Crippen molar-refractivity contribution in [3.05, 3.63) is 35.6 Å². The van der Waals surface area contributed by atoms with Crippen molar-refractivity contribution in [2.45, 2.75) is 11.2 Å². The number of pyridine rings is 1. The summed E-state index contributed by atoms with van der Waals surface area (Å²) in [5.41, 5.74) is -1.37. The lowest BCUT2D eigenvalue weighted by Crippen LogP contribution is -2.37. The number of thioether (sulfide) groups is 1. The Bertz CT molecular complexity index is 782. The second-order valence-electron chi connectivity index (χ2n) is 5.62. The van der Waals surface area contributed by atoms with E-state index in [9.17, 15) is 18.4 Å². The van der Waals surface area contributed by atoms with Gasteiger partial charge in [-0.1, -0.05) is 0 Å². The van der Waals surface area contributed by atoms with Crippen molar-refractivity contribution in [2.24, 2.45) is 0 Å². The molecule has 0 aliphatic carbocycles. The molecule has 1 fully saturated rings. The molecule has 1 saturated heterocycles. The number of hydrogen-bond acceptors (Lipinski definition) is 6. The summed E-state index contributed by atoms with van der Waals surface area (Å²) in [6.07, 6.45) is -3.28. The summed E-state index contributed by atoms with van der Waals surface area (Å²) in [7, 11) is 0. The summed E-state index contributed by atoms with van der Waals surface area (Å²) in [6.45, 7) is 3.57. The predicted molar refractivity (Wildman–Crippen MR) is 89.6 cm³/mol. The Balaban J connectivity index is 1.86. The smallest absolute Gasteiger partial charge is 0.417 e. The van der Waals surface area contributed by atoms with E-state index in [2.05, 4.69) is 9.88 Å². The van der Waals surface area contributed by atoms with E-state index >= 15 is 0 Å². The van der Waals surface area contributed by atoms with Crippen molar-refractivity contribution in [2.75, 3.05) is 38.6 Å². The molecule has 9 heteroatoms. The molecule has 2 aromatic rings. The van der Waals surface area contributed by atoms with Crippen molar-refractivity contribution in [3.8, 4) is 17.5 Å². The molecule has 26 heavy (non-hydrogen) atoms. The highest BCUT2D eigenvalue weighted by molar-refractivity contribution is 7.99. The van der Waals surface area contributed by atoms with E-state index in [0.29, 0.717) is 25.5 Å². The van der Waals surface area contributed by atoms with E-state index < -0.39 is 17.3 Å². The molecule has 0 unspecified atom stereocenters. The standard InChI is InChI=1S/C17H16F3N3O2S/c18-17(19,20)13-10-14(15-2-1-6-25-15)22-16(12(13)11-21)26-9-5-23-3-7-24-8-4-23/h1-2,6,10H,3-5,7-9H2. The van der Waals surface area contributed by atoms with Gasteiger partial charge >= 0.3 is 6.18 Å². The third-order valence-electron chi connectivity index (χ3n) is 3.93. The van der Waals surface area contributed by atoms with Crippen LogP contribution >= 0.6 is 11.8 Å². The molecule has 1 aliphatic rings. The summed E-state index contributed by atoms with van der Waals surface area (Å²) in [4.78, 5) is 6.42. The number of ether oxygens (including phenoxy) is 1. The molecule has 1 aliphatic heterocycles. The lowest BCUT2D eigenvalue weighted by atomic mass is 10.1. The van der Waals surface area contributed by atoms with Gasteiger partial charge in [-0.3, -0.25) is 4.90 Å². The molecule has 0 atom stereocenters. The van der Waals surface area contributed by atoms with Gasteiger partial charge in [0.2, 0.25) is 0 Å². The Morgan fingerprint density at radius 2 is 2.08 bits per heavy atom. The van der Waals surface area contributed by atoms with E-state index in [-0.39, 0.29) is 16.5 Å². The molecule has 0 radical (unpaired) electrons. The molecule has 5 nitrogen and oxygen atoms in total. The van der Waals surface area contributed by atoms with Gasteiger partial charge in [-0.05, 0) is 18.2 Å². The van der Waals surface area contributed by atoms with Crippen LogP contribution in [0.25, 0.3) is 11.5 Å². The first-order valence-electron chi connectivity index (χ1n) is 7.98. The Morgan fingerprint density at radius 3 is 2.69 bits per heavy atom. The van der Waals surface area contributed by atoms with E-state index in [1.165, 1.54) is 12.3 Å². The minimum Gasteiger partial charge on any atom is -0.463 e. The largest absolute Gasteiger partial charge is 0.463 e. The monoisotopic (exact) mass is 383 g/mol. The highest BCUT2D eigenvalue weighted by atomic mass is 32.2. The van der Waals surface area contributed by atoms with Gasteiger partial charge < -0.3 is 9.15 Å². The number of hydrogen-bond donors (Lipinski definition) is 0. The fourth-order valence-corrected chi connectivity index (χ4v) is 3.61. The molecule has 0 N–H and O–H groups in total. The number of rotatable bonds is 5. The molecule has 3 rings (SSSR count). The van der Waals surface area contributed by atoms with E-state index in [1.807, 2.05) is 0 Å². The summed E-state index contributed by atoms with van der Waals surface area (Å²) >= 11 is 1.15. The molecule has 0 amide bonds. The third kappa shape index (κ3) is 4.38. The van der Waals surface area contributed by atoms with Gasteiger partial charge in [0.05, 0.1) is 30.6 Å². The van der Waals surface area contributed by atoms with E-state index in [1.54, 1.807) is 12.1 Å². The van der Waals surface area contributed by atoms with Crippen LogP contribution in [0.2, 0.25) is 0 Å². The number of alkyl halides is 3. The Hall–Kier alpha value is -2.02. The average Bonchev–Trinajstić information content (AvgIpc) is 3.16. The summed E-state index contributed by atoms with van der Waals surface area (Å²) in [6, 6.07) is 5.64. The van der Waals surface area contributed by atoms with E-state index in [0.717, 1.165) is 30.9 Å². The van der Waals surface area contributed by atoms with Crippen LogP contribution in [-0.2, 0) is 10.9 Å². The second kappa shape index (κ2) is 8.12. The molecule has 138 valence electrons. The fourth-order valence-electron chi connectivity index (χ4n) is 2.60. The number of nitriles is 1. The van der Waals surface area contributed by atoms with Gasteiger partial charge in [0.25, 0.3) is 0 Å². The van der Waals surface area contributed by atoms with Crippen molar-refractivity contribution in [1.29, 1.82) is 5.26 Å². The zero-order chi connectivity index (χ0) is 18.6. The molecular formula is C17H16F3N3O2S. The van der Waals surface area contributed by atoms with Gasteiger partial charge in [-0.15, -0.1) is 11.8 Å². The Labute approximate surface area is 152 Å². The summed E-state index contributed by atoms with van der Waals surface area (Å²) in [5.74, 6) is 0.760. The molecule has 3 heterocycles. The van der Waals surface area contributed by atoms with Gasteiger partial charge in [0.1, 0.15) is 16.8 Å². The minimum atomic E-state index is -4.64. The van der Waals surface area contributed by atoms with Crippen LogP contribution in [0.4, 0.5) is 13.2 Å². The quantitative estimate of drug-likeness (QED) is 0.735. The molecular weight excluding hydrogens is 367 g/mol. The number of furan rings is 1. The lowest BCUT2D eigenvalue weighted by Gasteiger charge is -2.26. The maximum Gasteiger partial charge on any atom is 0.417 e. The van der Waals surface area contributed by atoms with Gasteiger partial charge in [-0.2, -0.15) is 18.4 Å².